The fraction of sp³-hybridized carbons (Fsp3) is 0.100. The highest BCUT2D eigenvalue weighted by molar-refractivity contribution is 8.13. The Bertz CT molecular complexity index is 502. The van der Waals surface area contributed by atoms with Gasteiger partial charge in [-0.3, -0.25) is 5.41 Å². The van der Waals surface area contributed by atoms with Crippen molar-refractivity contribution in [2.45, 2.75) is 5.75 Å². The van der Waals surface area contributed by atoms with E-state index in [0.29, 0.717) is 11.1 Å². The Balaban J connectivity index is 2.76. The van der Waals surface area contributed by atoms with E-state index in [1.54, 1.807) is 0 Å². The molecule has 0 heterocycles. The van der Waals surface area contributed by atoms with Crippen molar-refractivity contribution in [2.24, 2.45) is 16.5 Å². The summed E-state index contributed by atoms with van der Waals surface area (Å²) < 4.78 is 13.0. The third-order valence-electron chi connectivity index (χ3n) is 1.78. The van der Waals surface area contributed by atoms with E-state index in [4.69, 9.17) is 22.1 Å². The summed E-state index contributed by atoms with van der Waals surface area (Å²) >= 11 is 1.01. The van der Waals surface area contributed by atoms with Crippen LogP contribution in [-0.4, -0.2) is 11.1 Å². The molecule has 5 N–H and O–H groups in total. The third kappa shape index (κ3) is 4.12. The second-order valence-corrected chi connectivity index (χ2v) is 4.01. The zero-order valence-corrected chi connectivity index (χ0v) is 9.59. The summed E-state index contributed by atoms with van der Waals surface area (Å²) in [4.78, 5) is 3.51. The summed E-state index contributed by atoms with van der Waals surface area (Å²) in [6.45, 7) is 0. The minimum atomic E-state index is -0.423. The molecule has 1 rings (SSSR count). The number of hydrogen-bond acceptors (Lipinski definition) is 3. The number of nitrogens with one attached hydrogen (secondary N) is 1. The van der Waals surface area contributed by atoms with Gasteiger partial charge in [-0.15, -0.1) is 0 Å². The van der Waals surface area contributed by atoms with Crippen molar-refractivity contribution in [3.8, 4) is 6.07 Å². The predicted molar refractivity (Wildman–Crippen MR) is 65.9 cm³/mol. The van der Waals surface area contributed by atoms with E-state index in [1.165, 1.54) is 18.2 Å². The zero-order chi connectivity index (χ0) is 12.8. The van der Waals surface area contributed by atoms with Crippen LogP contribution in [0.25, 0.3) is 0 Å². The van der Waals surface area contributed by atoms with Gasteiger partial charge in [0.05, 0.1) is 11.6 Å². The molecule has 17 heavy (non-hydrogen) atoms. The first-order chi connectivity index (χ1) is 8.02. The molecule has 0 radical (unpaired) electrons. The van der Waals surface area contributed by atoms with Gasteiger partial charge in [0.25, 0.3) is 0 Å². The normalized spacial score (nSPS) is 9.41. The molecule has 0 aliphatic carbocycles. The lowest BCUT2D eigenvalue weighted by Gasteiger charge is -2.03. The van der Waals surface area contributed by atoms with Gasteiger partial charge in [-0.25, -0.2) is 4.39 Å². The maximum Gasteiger partial charge on any atom is 0.193 e. The van der Waals surface area contributed by atoms with Crippen molar-refractivity contribution in [3.05, 3.63) is 35.1 Å². The molecule has 0 spiro atoms. The molecule has 0 saturated heterocycles. The minimum absolute atomic E-state index is 0.0850. The van der Waals surface area contributed by atoms with Gasteiger partial charge in [0.15, 0.2) is 11.1 Å². The highest BCUT2D eigenvalue weighted by Gasteiger charge is 2.05. The van der Waals surface area contributed by atoms with Crippen LogP contribution in [0.15, 0.2) is 23.2 Å². The maximum atomic E-state index is 13.0. The maximum absolute atomic E-state index is 13.0. The van der Waals surface area contributed by atoms with Gasteiger partial charge in [-0.2, -0.15) is 10.3 Å². The fourth-order valence-electron chi connectivity index (χ4n) is 1.09. The molecule has 0 amide bonds. The number of amidine groups is 1. The van der Waals surface area contributed by atoms with Gasteiger partial charge in [0.1, 0.15) is 5.82 Å². The molecule has 0 aromatic heterocycles. The summed E-state index contributed by atoms with van der Waals surface area (Å²) in [6.07, 6.45) is 0. The number of aliphatic imine (C=N–C) groups is 1. The van der Waals surface area contributed by atoms with Crippen LogP contribution >= 0.6 is 11.8 Å². The van der Waals surface area contributed by atoms with Crippen molar-refractivity contribution < 1.29 is 4.39 Å². The van der Waals surface area contributed by atoms with E-state index >= 15 is 0 Å². The van der Waals surface area contributed by atoms with Crippen molar-refractivity contribution in [2.75, 3.05) is 0 Å². The molecule has 5 nitrogen and oxygen atoms in total. The first-order valence-corrected chi connectivity index (χ1v) is 5.51. The quantitative estimate of drug-likeness (QED) is 0.540. The highest BCUT2D eigenvalue weighted by Crippen LogP contribution is 2.18. The number of hydrogen-bond donors (Lipinski definition) is 3. The third-order valence-corrected chi connectivity index (χ3v) is 2.60. The van der Waals surface area contributed by atoms with Crippen LogP contribution in [0.3, 0.4) is 0 Å². The Hall–Kier alpha value is -2.07. The molecule has 0 aliphatic rings. The Labute approximate surface area is 102 Å². The fourth-order valence-corrected chi connectivity index (χ4v) is 1.79. The highest BCUT2D eigenvalue weighted by atomic mass is 32.2. The van der Waals surface area contributed by atoms with E-state index < -0.39 is 5.82 Å². The smallest absolute Gasteiger partial charge is 0.193 e. The Kier molecular flexibility index (Phi) is 4.48. The lowest BCUT2D eigenvalue weighted by Crippen LogP contribution is -2.23. The molecule has 1 aromatic carbocycles. The number of halogens is 1. The molecule has 88 valence electrons. The summed E-state index contributed by atoms with van der Waals surface area (Å²) in [5, 5.41) is 16.1. The van der Waals surface area contributed by atoms with E-state index in [2.05, 4.69) is 4.99 Å². The minimum Gasteiger partial charge on any atom is -0.370 e. The Morgan fingerprint density at radius 2 is 2.24 bits per heavy atom. The van der Waals surface area contributed by atoms with E-state index in [-0.39, 0.29) is 16.9 Å². The monoisotopic (exact) mass is 251 g/mol. The summed E-state index contributed by atoms with van der Waals surface area (Å²) in [7, 11) is 0. The number of rotatable bonds is 2. The molecule has 0 saturated carbocycles. The van der Waals surface area contributed by atoms with Crippen molar-refractivity contribution >= 4 is 22.9 Å². The van der Waals surface area contributed by atoms with Crippen molar-refractivity contribution in [3.63, 3.8) is 0 Å². The SMILES string of the molecule is N#Cc1ccc(F)cc1CSC(=N)N=C(N)N. The van der Waals surface area contributed by atoms with E-state index in [1.807, 2.05) is 6.07 Å². The second-order valence-electron chi connectivity index (χ2n) is 3.04. The Morgan fingerprint density at radius 3 is 2.82 bits per heavy atom. The standard InChI is InChI=1S/C10H10FN5S/c11-8-2-1-6(4-12)7(3-8)5-17-10(15)16-9(13)14/h1-3H,5H2,(H5,13,14,15,16). The number of guanidine groups is 1. The molecule has 0 unspecified atom stereocenters. The lowest BCUT2D eigenvalue weighted by molar-refractivity contribution is 0.626. The van der Waals surface area contributed by atoms with E-state index in [9.17, 15) is 4.39 Å². The topological polar surface area (TPSA) is 112 Å². The molecular weight excluding hydrogens is 241 g/mol. The van der Waals surface area contributed by atoms with Gasteiger partial charge in [-0.05, 0) is 23.8 Å². The van der Waals surface area contributed by atoms with Crippen LogP contribution in [0.5, 0.6) is 0 Å². The number of nitrogens with two attached hydrogens (primary N) is 2. The number of nitriles is 1. The largest absolute Gasteiger partial charge is 0.370 e. The first-order valence-electron chi connectivity index (χ1n) is 4.52. The van der Waals surface area contributed by atoms with Gasteiger partial charge in [0, 0.05) is 5.75 Å². The number of benzene rings is 1. The van der Waals surface area contributed by atoms with Crippen molar-refractivity contribution in [1.82, 2.24) is 0 Å². The van der Waals surface area contributed by atoms with Gasteiger partial charge in [0.2, 0.25) is 0 Å². The van der Waals surface area contributed by atoms with Crippen LogP contribution in [-0.2, 0) is 5.75 Å². The lowest BCUT2D eigenvalue weighted by atomic mass is 10.1. The molecule has 1 aromatic rings. The van der Waals surface area contributed by atoms with Crippen LogP contribution < -0.4 is 11.5 Å². The number of thioether (sulfide) groups is 1. The van der Waals surface area contributed by atoms with E-state index in [0.717, 1.165) is 11.8 Å². The predicted octanol–water partition coefficient (Wildman–Crippen LogP) is 1.14. The van der Waals surface area contributed by atoms with Crippen LogP contribution in [0.2, 0.25) is 0 Å². The molecule has 0 fully saturated rings. The van der Waals surface area contributed by atoms with Crippen LogP contribution in [0.1, 0.15) is 11.1 Å². The number of nitrogens with zero attached hydrogens (tertiary/aromatic N) is 2. The average Bonchev–Trinajstić information content (AvgIpc) is 2.25. The van der Waals surface area contributed by atoms with Gasteiger partial charge < -0.3 is 11.5 Å². The van der Waals surface area contributed by atoms with Gasteiger partial charge >= 0.3 is 0 Å². The molecule has 0 atom stereocenters. The second kappa shape index (κ2) is 5.86. The first kappa shape index (κ1) is 13.0. The molecule has 7 heteroatoms. The molecule has 0 aliphatic heterocycles. The summed E-state index contributed by atoms with van der Waals surface area (Å²) in [5.41, 5.74) is 11.1. The van der Waals surface area contributed by atoms with Crippen LogP contribution in [0, 0.1) is 22.6 Å². The molecular formula is C10H10FN5S. The Morgan fingerprint density at radius 1 is 1.53 bits per heavy atom. The van der Waals surface area contributed by atoms with Gasteiger partial charge in [-0.1, -0.05) is 11.8 Å². The van der Waals surface area contributed by atoms with Crippen molar-refractivity contribution in [1.29, 1.82) is 10.7 Å². The van der Waals surface area contributed by atoms with Crippen LogP contribution in [0.4, 0.5) is 4.39 Å². The summed E-state index contributed by atoms with van der Waals surface area (Å²) in [6, 6.07) is 5.82. The average molecular weight is 251 g/mol. The summed E-state index contributed by atoms with van der Waals surface area (Å²) in [5.74, 6) is -0.369. The zero-order valence-electron chi connectivity index (χ0n) is 8.77. The molecule has 0 bridgehead atoms.